The number of hydrogen-bond donors (Lipinski definition) is 1. The van der Waals surface area contributed by atoms with Crippen LogP contribution >= 0.6 is 0 Å². The van der Waals surface area contributed by atoms with E-state index in [1.165, 1.54) is 12.1 Å². The summed E-state index contributed by atoms with van der Waals surface area (Å²) in [6, 6.07) is 5.61. The lowest BCUT2D eigenvalue weighted by molar-refractivity contribution is -0.385. The maximum atomic E-state index is 12.8. The monoisotopic (exact) mass is 366 g/mol. The number of nitro groups is 1. The van der Waals surface area contributed by atoms with Gasteiger partial charge in [-0.05, 0) is 17.7 Å². The number of hydrazone groups is 1. The number of benzene rings is 1. The molecule has 0 aliphatic carbocycles. The maximum Gasteiger partial charge on any atom is 0.453 e. The van der Waals surface area contributed by atoms with E-state index in [1.807, 2.05) is 0 Å². The zero-order valence-corrected chi connectivity index (χ0v) is 12.5. The quantitative estimate of drug-likeness (QED) is 0.421. The van der Waals surface area contributed by atoms with Gasteiger partial charge in [0.2, 0.25) is 0 Å². The Balaban J connectivity index is 1.85. The van der Waals surface area contributed by atoms with Crippen LogP contribution in [0.1, 0.15) is 11.4 Å². The Morgan fingerprint density at radius 3 is 2.69 bits per heavy atom. The first-order chi connectivity index (χ1) is 12.3. The Kier molecular flexibility index (Phi) is 4.11. The number of fused-ring (bicyclic) bond motifs is 1. The Labute approximate surface area is 141 Å². The number of anilines is 1. The van der Waals surface area contributed by atoms with Crippen molar-refractivity contribution in [3.63, 3.8) is 0 Å². The van der Waals surface area contributed by atoms with Gasteiger partial charge in [0, 0.05) is 12.1 Å². The van der Waals surface area contributed by atoms with E-state index in [9.17, 15) is 28.4 Å². The molecule has 0 aliphatic heterocycles. The number of nitro benzene ring substituents is 1. The molecule has 0 aliphatic rings. The molecule has 0 saturated carbocycles. The number of halogens is 3. The molecular formula is C13H7F3N7O3-. The Morgan fingerprint density at radius 1 is 1.23 bits per heavy atom. The molecule has 0 bridgehead atoms. The Bertz CT molecular complexity index is 1020. The molecule has 0 atom stereocenters. The van der Waals surface area contributed by atoms with Crippen molar-refractivity contribution in [1.82, 2.24) is 19.8 Å². The lowest BCUT2D eigenvalue weighted by Gasteiger charge is -2.08. The molecule has 0 fully saturated rings. The van der Waals surface area contributed by atoms with Crippen LogP contribution in [0.25, 0.3) is 5.65 Å². The van der Waals surface area contributed by atoms with Crippen molar-refractivity contribution in [2.45, 2.75) is 6.18 Å². The lowest BCUT2D eigenvalue weighted by Crippen LogP contribution is -2.13. The van der Waals surface area contributed by atoms with Crippen LogP contribution in [0.2, 0.25) is 0 Å². The van der Waals surface area contributed by atoms with Gasteiger partial charge in [-0.25, -0.2) is 0 Å². The summed E-state index contributed by atoms with van der Waals surface area (Å²) < 4.78 is 38.9. The minimum Gasteiger partial charge on any atom is -0.872 e. The molecule has 134 valence electrons. The van der Waals surface area contributed by atoms with Crippen LogP contribution in [0.5, 0.6) is 5.75 Å². The fourth-order valence-electron chi connectivity index (χ4n) is 1.94. The second-order valence-electron chi connectivity index (χ2n) is 4.86. The number of nitrogens with zero attached hydrogens (tertiary/aromatic N) is 6. The van der Waals surface area contributed by atoms with E-state index in [0.717, 1.165) is 24.4 Å². The number of alkyl halides is 3. The highest BCUT2D eigenvalue weighted by Crippen LogP contribution is 2.27. The standard InChI is InChI=1S/C13H8F3N7O3/c14-13(15,16)12-20-19-11-4-3-10(21-22(11)12)18-17-6-7-5-8(23(25)26)1-2-9(7)24/h1-6,24H,(H,18,21)/p-1/b17-6-. The largest absolute Gasteiger partial charge is 0.872 e. The van der Waals surface area contributed by atoms with E-state index in [1.54, 1.807) is 0 Å². The van der Waals surface area contributed by atoms with E-state index in [0.29, 0.717) is 4.52 Å². The van der Waals surface area contributed by atoms with E-state index in [2.05, 4.69) is 25.8 Å². The third kappa shape index (κ3) is 3.35. The molecule has 3 aromatic rings. The average molecular weight is 366 g/mol. The highest BCUT2D eigenvalue weighted by Gasteiger charge is 2.37. The second-order valence-corrected chi connectivity index (χ2v) is 4.86. The van der Waals surface area contributed by atoms with Crippen molar-refractivity contribution in [3.05, 3.63) is 51.8 Å². The molecule has 0 saturated heterocycles. The number of non-ortho nitro benzene ring substituents is 1. The van der Waals surface area contributed by atoms with Gasteiger partial charge < -0.3 is 5.11 Å². The maximum absolute atomic E-state index is 12.8. The van der Waals surface area contributed by atoms with Gasteiger partial charge in [-0.15, -0.1) is 15.3 Å². The topological polar surface area (TPSA) is 134 Å². The SMILES string of the molecule is O=[N+]([O-])c1ccc([O-])c(/C=N\Nc2ccc3nnc(C(F)(F)F)n3n2)c1. The molecule has 1 N–H and O–H groups in total. The van der Waals surface area contributed by atoms with Crippen LogP contribution in [-0.2, 0) is 6.18 Å². The summed E-state index contributed by atoms with van der Waals surface area (Å²) in [6.07, 6.45) is -3.74. The highest BCUT2D eigenvalue weighted by atomic mass is 19.4. The molecule has 1 aromatic carbocycles. The number of nitrogens with one attached hydrogen (secondary N) is 1. The summed E-state index contributed by atoms with van der Waals surface area (Å²) in [5.41, 5.74) is 1.84. The average Bonchev–Trinajstić information content (AvgIpc) is 2.99. The highest BCUT2D eigenvalue weighted by molar-refractivity contribution is 5.84. The molecule has 2 aromatic heterocycles. The van der Waals surface area contributed by atoms with Crippen molar-refractivity contribution in [3.8, 4) is 5.75 Å². The first-order valence-corrected chi connectivity index (χ1v) is 6.80. The number of aromatic nitrogens is 4. The van der Waals surface area contributed by atoms with Crippen LogP contribution in [-0.4, -0.2) is 30.9 Å². The summed E-state index contributed by atoms with van der Waals surface area (Å²) in [5.74, 6) is -1.90. The van der Waals surface area contributed by atoms with Gasteiger partial charge in [0.15, 0.2) is 11.5 Å². The zero-order valence-electron chi connectivity index (χ0n) is 12.5. The van der Waals surface area contributed by atoms with Crippen molar-refractivity contribution < 1.29 is 23.2 Å². The van der Waals surface area contributed by atoms with E-state index in [4.69, 9.17) is 0 Å². The first-order valence-electron chi connectivity index (χ1n) is 6.80. The van der Waals surface area contributed by atoms with E-state index in [-0.39, 0.29) is 22.7 Å². The van der Waals surface area contributed by atoms with Gasteiger partial charge in [0.05, 0.1) is 11.1 Å². The van der Waals surface area contributed by atoms with Crippen LogP contribution in [0, 0.1) is 10.1 Å². The third-order valence-electron chi connectivity index (χ3n) is 3.10. The minimum atomic E-state index is -4.74. The Hall–Kier alpha value is -3.77. The normalized spacial score (nSPS) is 12.0. The molecule has 10 nitrogen and oxygen atoms in total. The van der Waals surface area contributed by atoms with Gasteiger partial charge in [0.25, 0.3) is 11.5 Å². The molecule has 0 radical (unpaired) electrons. The van der Waals surface area contributed by atoms with Crippen LogP contribution in [0.4, 0.5) is 24.7 Å². The summed E-state index contributed by atoms with van der Waals surface area (Å²) in [7, 11) is 0. The number of hydrogen-bond acceptors (Lipinski definition) is 8. The van der Waals surface area contributed by atoms with Gasteiger partial charge in [-0.3, -0.25) is 15.5 Å². The summed E-state index contributed by atoms with van der Waals surface area (Å²) in [4.78, 5) is 10.0. The second kappa shape index (κ2) is 6.27. The summed E-state index contributed by atoms with van der Waals surface area (Å²) in [6.45, 7) is 0. The van der Waals surface area contributed by atoms with Crippen molar-refractivity contribution >= 4 is 23.4 Å². The van der Waals surface area contributed by atoms with Gasteiger partial charge >= 0.3 is 6.18 Å². The molecule has 13 heteroatoms. The van der Waals surface area contributed by atoms with E-state index >= 15 is 0 Å². The fourth-order valence-corrected chi connectivity index (χ4v) is 1.94. The first kappa shape index (κ1) is 17.1. The van der Waals surface area contributed by atoms with Crippen molar-refractivity contribution in [1.29, 1.82) is 0 Å². The van der Waals surface area contributed by atoms with Crippen molar-refractivity contribution in [2.75, 3.05) is 5.43 Å². The molecule has 0 spiro atoms. The fraction of sp³-hybridized carbons (Fsp3) is 0.0769. The molecule has 2 heterocycles. The van der Waals surface area contributed by atoms with Gasteiger partial charge in [-0.1, -0.05) is 11.8 Å². The molecular weight excluding hydrogens is 359 g/mol. The third-order valence-corrected chi connectivity index (χ3v) is 3.10. The molecule has 26 heavy (non-hydrogen) atoms. The van der Waals surface area contributed by atoms with Crippen LogP contribution < -0.4 is 10.5 Å². The number of rotatable bonds is 4. The summed E-state index contributed by atoms with van der Waals surface area (Å²) >= 11 is 0. The minimum absolute atomic E-state index is 0.0759. The van der Waals surface area contributed by atoms with Gasteiger partial charge in [0.1, 0.15) is 0 Å². The van der Waals surface area contributed by atoms with Crippen molar-refractivity contribution in [2.24, 2.45) is 5.10 Å². The zero-order chi connectivity index (χ0) is 18.9. The van der Waals surface area contributed by atoms with Gasteiger partial charge in [-0.2, -0.15) is 22.8 Å². The van der Waals surface area contributed by atoms with Crippen LogP contribution in [0.3, 0.4) is 0 Å². The Morgan fingerprint density at radius 2 is 2.00 bits per heavy atom. The predicted molar refractivity (Wildman–Crippen MR) is 79.5 cm³/mol. The lowest BCUT2D eigenvalue weighted by atomic mass is 10.2. The van der Waals surface area contributed by atoms with E-state index < -0.39 is 22.7 Å². The molecule has 0 unspecified atom stereocenters. The molecule has 3 rings (SSSR count). The predicted octanol–water partition coefficient (Wildman–Crippen LogP) is 1.57. The smallest absolute Gasteiger partial charge is 0.453 e. The summed E-state index contributed by atoms with van der Waals surface area (Å²) in [5, 5.41) is 36.0. The molecule has 0 amide bonds. The van der Waals surface area contributed by atoms with Crippen LogP contribution in [0.15, 0.2) is 35.4 Å².